The largest absolute Gasteiger partial charge is 0.493 e. The van der Waals surface area contributed by atoms with Gasteiger partial charge >= 0.3 is 0 Å². The standard InChI is InChI=1S/C24H36N4O2.CH2O2/c1-17(2)26-24-18-9-4-5-10-25-23(18)19-15-21(29-3)22(16-20(19)27-24)30-14-8-13-28-11-6-7-12-28;2-1-3/h15-17,25H,4-14H2,1-3H3,(H,26,27);1H,(H,2,3). The van der Waals surface area contributed by atoms with Crippen LogP contribution >= 0.6 is 0 Å². The Morgan fingerprint density at radius 3 is 2.67 bits per heavy atom. The summed E-state index contributed by atoms with van der Waals surface area (Å²) in [4.78, 5) is 15.9. The molecule has 8 nitrogen and oxygen atoms in total. The number of fused-ring (bicyclic) bond motifs is 3. The summed E-state index contributed by atoms with van der Waals surface area (Å²) in [5.41, 5.74) is 3.43. The minimum Gasteiger partial charge on any atom is -0.493 e. The summed E-state index contributed by atoms with van der Waals surface area (Å²) in [5.74, 6) is 2.55. The van der Waals surface area contributed by atoms with E-state index in [1.165, 1.54) is 50.0 Å². The summed E-state index contributed by atoms with van der Waals surface area (Å²) in [6, 6.07) is 4.47. The third kappa shape index (κ3) is 6.63. The molecule has 0 radical (unpaired) electrons. The zero-order valence-corrected chi connectivity index (χ0v) is 20.2. The van der Waals surface area contributed by atoms with E-state index in [0.717, 1.165) is 54.2 Å². The van der Waals surface area contributed by atoms with E-state index in [4.69, 9.17) is 24.4 Å². The van der Waals surface area contributed by atoms with Crippen LogP contribution in [0.2, 0.25) is 0 Å². The molecule has 3 N–H and O–H groups in total. The molecule has 0 atom stereocenters. The molecule has 0 bridgehead atoms. The molecule has 0 saturated carbocycles. The van der Waals surface area contributed by atoms with E-state index in [2.05, 4.69) is 35.4 Å². The molecule has 4 rings (SSSR count). The van der Waals surface area contributed by atoms with E-state index in [1.807, 2.05) is 6.07 Å². The summed E-state index contributed by atoms with van der Waals surface area (Å²) in [7, 11) is 1.71. The summed E-state index contributed by atoms with van der Waals surface area (Å²) in [6.07, 6.45) is 7.08. The Kier molecular flexibility index (Phi) is 9.42. The first-order chi connectivity index (χ1) is 16.1. The van der Waals surface area contributed by atoms with Gasteiger partial charge in [-0.25, -0.2) is 4.98 Å². The van der Waals surface area contributed by atoms with E-state index in [-0.39, 0.29) is 6.47 Å². The topological polar surface area (TPSA) is 96.0 Å². The zero-order valence-electron chi connectivity index (χ0n) is 20.2. The third-order valence-electron chi connectivity index (χ3n) is 6.03. The number of benzene rings is 1. The molecule has 3 heterocycles. The van der Waals surface area contributed by atoms with Crippen LogP contribution in [0, 0.1) is 0 Å². The maximum Gasteiger partial charge on any atom is 0.290 e. The second-order valence-electron chi connectivity index (χ2n) is 8.87. The lowest BCUT2D eigenvalue weighted by molar-refractivity contribution is -0.122. The number of hydrogen-bond donors (Lipinski definition) is 3. The highest BCUT2D eigenvalue weighted by Crippen LogP contribution is 2.40. The fourth-order valence-corrected chi connectivity index (χ4v) is 4.54. The second kappa shape index (κ2) is 12.5. The molecule has 33 heavy (non-hydrogen) atoms. The molecule has 2 aromatic rings. The number of hydrogen-bond acceptors (Lipinski definition) is 7. The van der Waals surface area contributed by atoms with Gasteiger partial charge in [-0.3, -0.25) is 4.79 Å². The average Bonchev–Trinajstić information content (AvgIpc) is 3.18. The number of pyridine rings is 1. The number of carbonyl (C=O) groups is 1. The Hall–Kier alpha value is -2.74. The fraction of sp³-hybridized carbons (Fsp3) is 0.600. The lowest BCUT2D eigenvalue weighted by Crippen LogP contribution is -2.21. The Balaban J connectivity index is 0.000000968. The minimum absolute atomic E-state index is 0.250. The first-order valence-electron chi connectivity index (χ1n) is 12.1. The van der Waals surface area contributed by atoms with E-state index < -0.39 is 0 Å². The molecule has 1 aromatic heterocycles. The highest BCUT2D eigenvalue weighted by atomic mass is 16.5. The number of carboxylic acid groups (broad SMARTS) is 1. The SMILES string of the molecule is COc1cc2c3c(c(NC(C)C)nc2cc1OCCCN1CCCC1)CCCCN3.O=CO. The summed E-state index contributed by atoms with van der Waals surface area (Å²) >= 11 is 0. The van der Waals surface area contributed by atoms with Gasteiger partial charge in [0.25, 0.3) is 6.47 Å². The van der Waals surface area contributed by atoms with Crippen molar-refractivity contribution in [2.24, 2.45) is 0 Å². The molecular weight excluding hydrogens is 420 g/mol. The normalized spacial score (nSPS) is 15.8. The van der Waals surface area contributed by atoms with Gasteiger partial charge < -0.3 is 30.1 Å². The predicted octanol–water partition coefficient (Wildman–Crippen LogP) is 4.38. The maximum absolute atomic E-state index is 8.36. The number of methoxy groups -OCH3 is 1. The van der Waals surface area contributed by atoms with Crippen LogP contribution < -0.4 is 20.1 Å². The first-order valence-corrected chi connectivity index (χ1v) is 12.1. The van der Waals surface area contributed by atoms with Crippen molar-refractivity contribution in [3.63, 3.8) is 0 Å². The Morgan fingerprint density at radius 1 is 1.21 bits per heavy atom. The van der Waals surface area contributed by atoms with Gasteiger partial charge in [-0.1, -0.05) is 0 Å². The van der Waals surface area contributed by atoms with Crippen molar-refractivity contribution in [2.45, 2.75) is 58.4 Å². The molecule has 1 aromatic carbocycles. The molecule has 2 aliphatic rings. The molecule has 0 amide bonds. The number of aromatic nitrogens is 1. The summed E-state index contributed by atoms with van der Waals surface area (Å²) in [6.45, 7) is 9.31. The van der Waals surface area contributed by atoms with E-state index in [9.17, 15) is 0 Å². The molecule has 2 aliphatic heterocycles. The highest BCUT2D eigenvalue weighted by molar-refractivity contribution is 5.97. The van der Waals surface area contributed by atoms with Gasteiger partial charge in [-0.2, -0.15) is 0 Å². The predicted molar refractivity (Wildman–Crippen MR) is 133 cm³/mol. The molecule has 0 aliphatic carbocycles. The lowest BCUT2D eigenvalue weighted by atomic mass is 10.0. The molecule has 0 unspecified atom stereocenters. The van der Waals surface area contributed by atoms with Gasteiger partial charge in [0.2, 0.25) is 0 Å². The van der Waals surface area contributed by atoms with Crippen LogP contribution in [0.1, 0.15) is 51.5 Å². The van der Waals surface area contributed by atoms with Crippen LogP contribution in [-0.4, -0.2) is 67.4 Å². The maximum atomic E-state index is 8.36. The molecule has 8 heteroatoms. The van der Waals surface area contributed by atoms with Gasteiger partial charge in [0.15, 0.2) is 11.5 Å². The van der Waals surface area contributed by atoms with Gasteiger partial charge in [0.1, 0.15) is 5.82 Å². The summed E-state index contributed by atoms with van der Waals surface area (Å²) < 4.78 is 11.8. The van der Waals surface area contributed by atoms with Crippen molar-refractivity contribution in [2.75, 3.05) is 50.5 Å². The highest BCUT2D eigenvalue weighted by Gasteiger charge is 2.20. The number of rotatable bonds is 8. The van der Waals surface area contributed by atoms with Crippen molar-refractivity contribution in [1.29, 1.82) is 0 Å². The Bertz CT molecular complexity index is 913. The smallest absolute Gasteiger partial charge is 0.290 e. The quantitative estimate of drug-likeness (QED) is 0.396. The van der Waals surface area contributed by atoms with Crippen molar-refractivity contribution in [3.8, 4) is 11.5 Å². The van der Waals surface area contributed by atoms with Crippen LogP contribution in [0.4, 0.5) is 11.5 Å². The van der Waals surface area contributed by atoms with E-state index in [1.54, 1.807) is 7.11 Å². The van der Waals surface area contributed by atoms with Gasteiger partial charge in [-0.05, 0) is 71.5 Å². The number of likely N-dealkylation sites (tertiary alicyclic amines) is 1. The molecular formula is C25H38N4O4. The fourth-order valence-electron chi connectivity index (χ4n) is 4.54. The van der Waals surface area contributed by atoms with E-state index in [0.29, 0.717) is 12.6 Å². The zero-order chi connectivity index (χ0) is 23.6. The molecule has 0 spiro atoms. The van der Waals surface area contributed by atoms with Gasteiger partial charge in [0, 0.05) is 36.1 Å². The monoisotopic (exact) mass is 458 g/mol. The molecule has 1 fully saturated rings. The number of anilines is 2. The van der Waals surface area contributed by atoms with Crippen molar-refractivity contribution in [1.82, 2.24) is 9.88 Å². The van der Waals surface area contributed by atoms with Crippen LogP contribution in [0.5, 0.6) is 11.5 Å². The van der Waals surface area contributed by atoms with Crippen LogP contribution in [0.3, 0.4) is 0 Å². The number of ether oxygens (including phenoxy) is 2. The van der Waals surface area contributed by atoms with Crippen LogP contribution in [0.25, 0.3) is 10.9 Å². The third-order valence-corrected chi connectivity index (χ3v) is 6.03. The number of nitrogens with zero attached hydrogens (tertiary/aromatic N) is 2. The molecule has 1 saturated heterocycles. The van der Waals surface area contributed by atoms with Crippen LogP contribution in [0.15, 0.2) is 12.1 Å². The first kappa shape index (κ1) is 24.9. The van der Waals surface area contributed by atoms with Gasteiger partial charge in [-0.15, -0.1) is 0 Å². The Morgan fingerprint density at radius 2 is 1.97 bits per heavy atom. The summed E-state index contributed by atoms with van der Waals surface area (Å²) in [5, 5.41) is 15.2. The van der Waals surface area contributed by atoms with Crippen LogP contribution in [-0.2, 0) is 11.2 Å². The molecule has 182 valence electrons. The van der Waals surface area contributed by atoms with Crippen molar-refractivity contribution < 1.29 is 19.4 Å². The number of nitrogens with one attached hydrogen (secondary N) is 2. The second-order valence-corrected chi connectivity index (χ2v) is 8.87. The van der Waals surface area contributed by atoms with E-state index >= 15 is 0 Å². The Labute approximate surface area is 196 Å². The van der Waals surface area contributed by atoms with Crippen molar-refractivity contribution in [3.05, 3.63) is 17.7 Å². The van der Waals surface area contributed by atoms with Crippen molar-refractivity contribution >= 4 is 28.9 Å². The van der Waals surface area contributed by atoms with Gasteiger partial charge in [0.05, 0.1) is 24.9 Å². The average molecular weight is 459 g/mol. The lowest BCUT2D eigenvalue weighted by Gasteiger charge is -2.20. The minimum atomic E-state index is -0.250.